The Morgan fingerprint density at radius 2 is 1.63 bits per heavy atom. The van der Waals surface area contributed by atoms with Gasteiger partial charge in [0.2, 0.25) is 0 Å². The Kier molecular flexibility index (Phi) is 4.85. The van der Waals surface area contributed by atoms with Crippen LogP contribution in [0.3, 0.4) is 0 Å². The number of carbonyl (C=O) groups excluding carboxylic acids is 2. The van der Waals surface area contributed by atoms with Gasteiger partial charge in [-0.05, 0) is 80.2 Å². The van der Waals surface area contributed by atoms with E-state index in [4.69, 9.17) is 16.3 Å². The fraction of sp³-hybridized carbons (Fsp3) is 0.440. The molecule has 2 aromatic rings. The lowest BCUT2D eigenvalue weighted by molar-refractivity contribution is -0.171. The van der Waals surface area contributed by atoms with Gasteiger partial charge in [-0.15, -0.1) is 11.6 Å². The van der Waals surface area contributed by atoms with Gasteiger partial charge < -0.3 is 10.1 Å². The molecular formula is C25H26ClNO3. The molecule has 2 aromatic carbocycles. The standard InChI is InChI=1S/C25H26ClNO3/c26-25-13-18-10-19(14-25)12-24(11-18,16-25)23(29)30-15-17-6-8-20(9-7-17)22(28)27-21-4-2-1-3-5-21/h1-9,18-19H,10-16H2,(H,27,28)/t18-,19+,24?,25?. The van der Waals surface area contributed by atoms with Crippen molar-refractivity contribution in [1.29, 1.82) is 0 Å². The molecule has 4 nitrogen and oxygen atoms in total. The quantitative estimate of drug-likeness (QED) is 0.506. The Bertz CT molecular complexity index is 942. The first kappa shape index (κ1) is 19.6. The van der Waals surface area contributed by atoms with Crippen molar-refractivity contribution in [3.63, 3.8) is 0 Å². The number of nitrogens with one attached hydrogen (secondary N) is 1. The lowest BCUT2D eigenvalue weighted by Crippen LogP contribution is -2.56. The topological polar surface area (TPSA) is 55.4 Å². The lowest BCUT2D eigenvalue weighted by atomic mass is 9.49. The summed E-state index contributed by atoms with van der Waals surface area (Å²) in [4.78, 5) is 25.2. The maximum Gasteiger partial charge on any atom is 0.312 e. The second-order valence-electron chi connectivity index (χ2n) is 9.49. The molecule has 156 valence electrons. The van der Waals surface area contributed by atoms with Gasteiger partial charge in [0.15, 0.2) is 0 Å². The molecular weight excluding hydrogens is 398 g/mol. The number of amides is 1. The van der Waals surface area contributed by atoms with E-state index in [0.717, 1.165) is 43.4 Å². The third kappa shape index (κ3) is 3.74. The zero-order valence-corrected chi connectivity index (χ0v) is 17.7. The fourth-order valence-corrected chi connectivity index (χ4v) is 6.86. The maximum atomic E-state index is 13.0. The van der Waals surface area contributed by atoms with Crippen molar-refractivity contribution in [3.05, 3.63) is 65.7 Å². The number of hydrogen-bond acceptors (Lipinski definition) is 3. The van der Waals surface area contributed by atoms with Crippen LogP contribution in [0.1, 0.15) is 54.4 Å². The highest BCUT2D eigenvalue weighted by molar-refractivity contribution is 6.24. The Morgan fingerprint density at radius 3 is 2.27 bits per heavy atom. The molecule has 0 radical (unpaired) electrons. The minimum Gasteiger partial charge on any atom is -0.460 e. The summed E-state index contributed by atoms with van der Waals surface area (Å²) < 4.78 is 5.76. The zero-order chi connectivity index (χ0) is 20.8. The summed E-state index contributed by atoms with van der Waals surface area (Å²) in [6, 6.07) is 16.6. The molecule has 0 heterocycles. The summed E-state index contributed by atoms with van der Waals surface area (Å²) in [5.74, 6) is 0.885. The average Bonchev–Trinajstić information content (AvgIpc) is 2.71. The minimum atomic E-state index is -0.388. The Hall–Kier alpha value is -2.33. The number of benzene rings is 2. The van der Waals surface area contributed by atoms with Gasteiger partial charge in [0.1, 0.15) is 6.61 Å². The molecule has 0 spiro atoms. The monoisotopic (exact) mass is 423 g/mol. The molecule has 4 fully saturated rings. The highest BCUT2D eigenvalue weighted by Gasteiger charge is 2.60. The van der Waals surface area contributed by atoms with Gasteiger partial charge >= 0.3 is 5.97 Å². The number of esters is 1. The van der Waals surface area contributed by atoms with Crippen LogP contribution in [0, 0.1) is 17.3 Å². The molecule has 4 bridgehead atoms. The van der Waals surface area contributed by atoms with E-state index in [1.807, 2.05) is 42.5 Å². The summed E-state index contributed by atoms with van der Waals surface area (Å²) in [6.07, 6.45) is 5.92. The molecule has 0 aromatic heterocycles. The van der Waals surface area contributed by atoms with E-state index in [1.54, 1.807) is 12.1 Å². The molecule has 1 N–H and O–H groups in total. The predicted molar refractivity (Wildman–Crippen MR) is 116 cm³/mol. The number of hydrogen-bond donors (Lipinski definition) is 1. The third-order valence-corrected chi connectivity index (χ3v) is 7.48. The third-order valence-electron chi connectivity index (χ3n) is 7.04. The van der Waals surface area contributed by atoms with Gasteiger partial charge in [-0.1, -0.05) is 30.3 Å². The van der Waals surface area contributed by atoms with Crippen molar-refractivity contribution in [2.24, 2.45) is 17.3 Å². The van der Waals surface area contributed by atoms with Crippen molar-refractivity contribution >= 4 is 29.2 Å². The van der Waals surface area contributed by atoms with Gasteiger partial charge in [0, 0.05) is 16.1 Å². The van der Waals surface area contributed by atoms with E-state index in [2.05, 4.69) is 5.32 Å². The van der Waals surface area contributed by atoms with Gasteiger partial charge in [0.25, 0.3) is 5.91 Å². The van der Waals surface area contributed by atoms with Crippen LogP contribution in [0.4, 0.5) is 5.69 Å². The van der Waals surface area contributed by atoms with E-state index in [0.29, 0.717) is 17.4 Å². The van der Waals surface area contributed by atoms with E-state index in [1.165, 1.54) is 6.42 Å². The molecule has 30 heavy (non-hydrogen) atoms. The summed E-state index contributed by atoms with van der Waals surface area (Å²) in [6.45, 7) is 0.228. The van der Waals surface area contributed by atoms with Crippen LogP contribution in [0.2, 0.25) is 0 Å². The molecule has 0 aliphatic heterocycles. The largest absolute Gasteiger partial charge is 0.460 e. The van der Waals surface area contributed by atoms with Crippen LogP contribution in [-0.2, 0) is 16.1 Å². The Morgan fingerprint density at radius 1 is 0.967 bits per heavy atom. The highest BCUT2D eigenvalue weighted by Crippen LogP contribution is 2.64. The van der Waals surface area contributed by atoms with Crippen molar-refractivity contribution in [1.82, 2.24) is 0 Å². The number of rotatable bonds is 5. The first-order valence-corrected chi connectivity index (χ1v) is 11.1. The minimum absolute atomic E-state index is 0.0903. The van der Waals surface area contributed by atoms with Crippen molar-refractivity contribution in [2.45, 2.75) is 50.0 Å². The molecule has 4 atom stereocenters. The predicted octanol–water partition coefficient (Wildman–Crippen LogP) is 5.56. The van der Waals surface area contributed by atoms with Crippen LogP contribution in [0.5, 0.6) is 0 Å². The molecule has 4 aliphatic carbocycles. The second kappa shape index (κ2) is 7.42. The van der Waals surface area contributed by atoms with Crippen LogP contribution in [0.15, 0.2) is 54.6 Å². The number of ether oxygens (including phenoxy) is 1. The number of alkyl halides is 1. The molecule has 0 saturated heterocycles. The molecule has 5 heteroatoms. The average molecular weight is 424 g/mol. The summed E-state index contributed by atoms with van der Waals surface area (Å²) in [5.41, 5.74) is 1.82. The van der Waals surface area contributed by atoms with E-state index < -0.39 is 0 Å². The number of halogens is 1. The van der Waals surface area contributed by atoms with Gasteiger partial charge in [0.05, 0.1) is 5.41 Å². The zero-order valence-electron chi connectivity index (χ0n) is 16.9. The lowest BCUT2D eigenvalue weighted by Gasteiger charge is -2.58. The smallest absolute Gasteiger partial charge is 0.312 e. The first-order chi connectivity index (χ1) is 14.4. The van der Waals surface area contributed by atoms with E-state index in [9.17, 15) is 9.59 Å². The highest BCUT2D eigenvalue weighted by atomic mass is 35.5. The number of anilines is 1. The van der Waals surface area contributed by atoms with Gasteiger partial charge in [-0.25, -0.2) is 0 Å². The first-order valence-electron chi connectivity index (χ1n) is 10.7. The van der Waals surface area contributed by atoms with Crippen molar-refractivity contribution in [2.75, 3.05) is 5.32 Å². The number of para-hydroxylation sites is 1. The van der Waals surface area contributed by atoms with Gasteiger partial charge in [-0.2, -0.15) is 0 Å². The Labute approximate surface area is 182 Å². The van der Waals surface area contributed by atoms with E-state index in [-0.39, 0.29) is 28.8 Å². The number of carbonyl (C=O) groups is 2. The molecule has 2 unspecified atom stereocenters. The SMILES string of the molecule is O=C(Nc1ccccc1)c1ccc(COC(=O)C23C[C@@H]4C[C@@H](CC(Cl)(C4)C2)C3)cc1. The van der Waals surface area contributed by atoms with Crippen molar-refractivity contribution in [3.8, 4) is 0 Å². The van der Waals surface area contributed by atoms with E-state index >= 15 is 0 Å². The Balaban J connectivity index is 1.20. The van der Waals surface area contributed by atoms with Crippen LogP contribution >= 0.6 is 11.6 Å². The summed E-state index contributed by atoms with van der Waals surface area (Å²) in [5, 5.41) is 2.87. The second-order valence-corrected chi connectivity index (χ2v) is 10.3. The molecule has 4 saturated carbocycles. The van der Waals surface area contributed by atoms with Crippen molar-refractivity contribution < 1.29 is 14.3 Å². The molecule has 6 rings (SSSR count). The van der Waals surface area contributed by atoms with Crippen LogP contribution in [-0.4, -0.2) is 16.8 Å². The maximum absolute atomic E-state index is 13.0. The van der Waals surface area contributed by atoms with Crippen LogP contribution < -0.4 is 5.32 Å². The molecule has 1 amide bonds. The normalized spacial score (nSPS) is 31.4. The fourth-order valence-electron chi connectivity index (χ4n) is 6.17. The van der Waals surface area contributed by atoms with Gasteiger partial charge in [-0.3, -0.25) is 9.59 Å². The van der Waals surface area contributed by atoms with Crippen LogP contribution in [0.25, 0.3) is 0 Å². The summed E-state index contributed by atoms with van der Waals surface area (Å²) in [7, 11) is 0. The molecule has 4 aliphatic rings. The summed E-state index contributed by atoms with van der Waals surface area (Å²) >= 11 is 6.84.